The van der Waals surface area contributed by atoms with E-state index >= 15 is 0 Å². The van der Waals surface area contributed by atoms with E-state index in [1.54, 1.807) is 4.57 Å². The Morgan fingerprint density at radius 1 is 1.43 bits per heavy atom. The van der Waals surface area contributed by atoms with Crippen LogP contribution in [0.15, 0.2) is 27.5 Å². The highest BCUT2D eigenvalue weighted by atomic mass is 32.2. The minimum Gasteiger partial charge on any atom is -0.313 e. The number of aromatic amines is 1. The lowest BCUT2D eigenvalue weighted by Gasteiger charge is -2.04. The van der Waals surface area contributed by atoms with Crippen molar-refractivity contribution in [1.82, 2.24) is 30.0 Å². The lowest BCUT2D eigenvalue weighted by Crippen LogP contribution is -2.16. The number of aromatic nitrogens is 5. The molecule has 2 N–H and O–H groups in total. The van der Waals surface area contributed by atoms with E-state index in [0.717, 1.165) is 37.9 Å². The van der Waals surface area contributed by atoms with Gasteiger partial charge in [0.25, 0.3) is 0 Å². The summed E-state index contributed by atoms with van der Waals surface area (Å²) < 4.78 is 1.70. The summed E-state index contributed by atoms with van der Waals surface area (Å²) in [5.41, 5.74) is 0.898. The van der Waals surface area contributed by atoms with Crippen molar-refractivity contribution in [3.63, 3.8) is 0 Å². The smallest absolute Gasteiger partial charge is 0.313 e. The molecule has 8 heteroatoms. The second-order valence-corrected chi connectivity index (χ2v) is 6.00. The maximum absolute atomic E-state index is 11.7. The summed E-state index contributed by atoms with van der Waals surface area (Å²) >= 11 is 1.32. The van der Waals surface area contributed by atoms with E-state index in [4.69, 9.17) is 0 Å². The fourth-order valence-corrected chi connectivity index (χ4v) is 2.79. The highest BCUT2D eigenvalue weighted by Crippen LogP contribution is 2.36. The van der Waals surface area contributed by atoms with Gasteiger partial charge < -0.3 is 5.32 Å². The van der Waals surface area contributed by atoms with Gasteiger partial charge in [0.1, 0.15) is 0 Å². The van der Waals surface area contributed by atoms with Crippen molar-refractivity contribution in [3.8, 4) is 0 Å². The zero-order chi connectivity index (χ0) is 14.7. The molecule has 2 aromatic rings. The van der Waals surface area contributed by atoms with E-state index in [-0.39, 0.29) is 11.7 Å². The average Bonchev–Trinajstić information content (AvgIpc) is 3.26. The second kappa shape index (κ2) is 6.40. The van der Waals surface area contributed by atoms with Crippen molar-refractivity contribution in [2.75, 3.05) is 6.54 Å². The third-order valence-corrected chi connectivity index (χ3v) is 4.07. The van der Waals surface area contributed by atoms with Gasteiger partial charge in [0.2, 0.25) is 0 Å². The van der Waals surface area contributed by atoms with Crippen molar-refractivity contribution in [2.45, 2.75) is 49.1 Å². The van der Waals surface area contributed by atoms with Crippen LogP contribution in [-0.2, 0) is 6.54 Å². The molecule has 0 amide bonds. The summed E-state index contributed by atoms with van der Waals surface area (Å²) in [6.07, 6.45) is 6.80. The third-order valence-electron chi connectivity index (χ3n) is 3.20. The molecule has 0 unspecified atom stereocenters. The molecule has 0 atom stereocenters. The molecule has 0 saturated heterocycles. The lowest BCUT2D eigenvalue weighted by molar-refractivity contribution is 0.641. The zero-order valence-electron chi connectivity index (χ0n) is 11.9. The Hall–Kier alpha value is -1.67. The monoisotopic (exact) mass is 306 g/mol. The predicted octanol–water partition coefficient (Wildman–Crippen LogP) is 1.35. The van der Waals surface area contributed by atoms with Gasteiger partial charge >= 0.3 is 5.69 Å². The Balaban J connectivity index is 1.66. The third kappa shape index (κ3) is 3.51. The summed E-state index contributed by atoms with van der Waals surface area (Å²) in [6, 6.07) is 0.288. The van der Waals surface area contributed by atoms with Crippen LogP contribution in [0, 0.1) is 0 Å². The summed E-state index contributed by atoms with van der Waals surface area (Å²) in [6.45, 7) is 3.89. The Labute approximate surface area is 126 Å². The van der Waals surface area contributed by atoms with Gasteiger partial charge in [-0.05, 0) is 37.6 Å². The highest BCUT2D eigenvalue weighted by molar-refractivity contribution is 7.99. The highest BCUT2D eigenvalue weighted by Gasteiger charge is 2.29. The first-order valence-corrected chi connectivity index (χ1v) is 7.96. The zero-order valence-corrected chi connectivity index (χ0v) is 12.7. The van der Waals surface area contributed by atoms with Crippen LogP contribution in [0.5, 0.6) is 0 Å². The molecule has 2 aromatic heterocycles. The molecule has 1 aliphatic rings. The molecule has 1 fully saturated rings. The van der Waals surface area contributed by atoms with Crippen molar-refractivity contribution < 1.29 is 0 Å². The molecule has 21 heavy (non-hydrogen) atoms. The number of rotatable bonds is 7. The predicted molar refractivity (Wildman–Crippen MR) is 79.3 cm³/mol. The molecule has 1 saturated carbocycles. The first-order chi connectivity index (χ1) is 10.3. The topological polar surface area (TPSA) is 88.5 Å². The quantitative estimate of drug-likeness (QED) is 0.593. The van der Waals surface area contributed by atoms with Crippen LogP contribution in [0.1, 0.15) is 37.8 Å². The normalized spacial score (nSPS) is 14.5. The van der Waals surface area contributed by atoms with Gasteiger partial charge in [0.05, 0.1) is 0 Å². The number of nitrogens with one attached hydrogen (secondary N) is 2. The van der Waals surface area contributed by atoms with Crippen LogP contribution in [0.4, 0.5) is 0 Å². The van der Waals surface area contributed by atoms with E-state index in [9.17, 15) is 4.79 Å². The molecule has 2 heterocycles. The van der Waals surface area contributed by atoms with E-state index in [1.165, 1.54) is 11.8 Å². The number of nitrogens with zero attached hydrogens (tertiary/aromatic N) is 4. The summed E-state index contributed by atoms with van der Waals surface area (Å²) in [4.78, 5) is 20.3. The molecular weight excluding hydrogens is 288 g/mol. The Morgan fingerprint density at radius 3 is 2.86 bits per heavy atom. The van der Waals surface area contributed by atoms with Crippen LogP contribution >= 0.6 is 11.8 Å². The van der Waals surface area contributed by atoms with E-state index in [1.807, 2.05) is 12.4 Å². The molecular formula is C13H18N6OS. The van der Waals surface area contributed by atoms with E-state index in [0.29, 0.717) is 10.3 Å². The van der Waals surface area contributed by atoms with Crippen molar-refractivity contribution in [1.29, 1.82) is 0 Å². The largest absolute Gasteiger partial charge is 0.344 e. The fraction of sp³-hybridized carbons (Fsp3) is 0.538. The molecule has 3 rings (SSSR count). The van der Waals surface area contributed by atoms with Crippen LogP contribution in [0.25, 0.3) is 0 Å². The molecule has 0 aromatic carbocycles. The first kappa shape index (κ1) is 14.3. The molecule has 0 radical (unpaired) electrons. The number of hydrogen-bond acceptors (Lipinski definition) is 6. The molecule has 0 bridgehead atoms. The summed E-state index contributed by atoms with van der Waals surface area (Å²) in [5, 5.41) is 11.1. The molecule has 0 spiro atoms. The van der Waals surface area contributed by atoms with Gasteiger partial charge in [-0.25, -0.2) is 19.9 Å². The molecule has 112 valence electrons. The van der Waals surface area contributed by atoms with Gasteiger partial charge in [0, 0.05) is 30.5 Å². The SMILES string of the molecule is CCCNCc1cnc(Sc2n[nH]c(=O)n2C2CC2)nc1. The van der Waals surface area contributed by atoms with Crippen LogP contribution < -0.4 is 11.0 Å². The van der Waals surface area contributed by atoms with Gasteiger partial charge in [-0.2, -0.15) is 0 Å². The van der Waals surface area contributed by atoms with E-state index in [2.05, 4.69) is 32.4 Å². The maximum Gasteiger partial charge on any atom is 0.344 e. The number of H-pyrrole nitrogens is 1. The van der Waals surface area contributed by atoms with Crippen LogP contribution in [0.2, 0.25) is 0 Å². The molecule has 7 nitrogen and oxygen atoms in total. The van der Waals surface area contributed by atoms with E-state index < -0.39 is 0 Å². The Morgan fingerprint density at radius 2 is 2.19 bits per heavy atom. The molecule has 1 aliphatic carbocycles. The van der Waals surface area contributed by atoms with Gasteiger partial charge in [0.15, 0.2) is 10.3 Å². The minimum absolute atomic E-state index is 0.152. The van der Waals surface area contributed by atoms with Crippen molar-refractivity contribution >= 4 is 11.8 Å². The standard InChI is InChI=1S/C13H18N6OS/c1-2-5-14-6-9-7-15-11(16-8-9)21-13-18-17-12(20)19(13)10-3-4-10/h7-8,10,14H,2-6H2,1H3,(H,17,20). The van der Waals surface area contributed by atoms with Gasteiger partial charge in [-0.1, -0.05) is 6.92 Å². The Bertz CT molecular complexity index is 645. The fourth-order valence-electron chi connectivity index (χ4n) is 2.00. The average molecular weight is 306 g/mol. The Kier molecular flexibility index (Phi) is 4.35. The maximum atomic E-state index is 11.7. The second-order valence-electron chi connectivity index (χ2n) is 5.07. The van der Waals surface area contributed by atoms with Crippen LogP contribution in [0.3, 0.4) is 0 Å². The first-order valence-electron chi connectivity index (χ1n) is 7.14. The molecule has 0 aliphatic heterocycles. The van der Waals surface area contributed by atoms with Crippen LogP contribution in [-0.4, -0.2) is 31.3 Å². The summed E-state index contributed by atoms with van der Waals surface area (Å²) in [5.74, 6) is 0. The van der Waals surface area contributed by atoms with Crippen molar-refractivity contribution in [3.05, 3.63) is 28.4 Å². The lowest BCUT2D eigenvalue weighted by atomic mass is 10.3. The van der Waals surface area contributed by atoms with Crippen molar-refractivity contribution in [2.24, 2.45) is 0 Å². The number of hydrogen-bond donors (Lipinski definition) is 2. The van der Waals surface area contributed by atoms with Gasteiger partial charge in [-0.3, -0.25) is 4.57 Å². The minimum atomic E-state index is -0.152. The summed E-state index contributed by atoms with van der Waals surface area (Å²) in [7, 11) is 0. The van der Waals surface area contributed by atoms with Gasteiger partial charge in [-0.15, -0.1) is 5.10 Å².